The van der Waals surface area contributed by atoms with Crippen molar-refractivity contribution in [1.82, 2.24) is 5.32 Å². The van der Waals surface area contributed by atoms with Crippen LogP contribution in [0.3, 0.4) is 0 Å². The van der Waals surface area contributed by atoms with Gasteiger partial charge in [-0.15, -0.1) is 0 Å². The van der Waals surface area contributed by atoms with Crippen molar-refractivity contribution >= 4 is 17.5 Å². The highest BCUT2D eigenvalue weighted by molar-refractivity contribution is 5.97. The van der Waals surface area contributed by atoms with Gasteiger partial charge in [-0.25, -0.2) is 0 Å². The lowest BCUT2D eigenvalue weighted by atomic mass is 9.78. The molecule has 3 atom stereocenters. The SMILES string of the molecule is CNC(=O)c1cccc(NC(=O)C[NH+]2CCC[C@H]3CCCC[C@@H]32)c1. The second kappa shape index (κ2) is 7.79. The molecule has 1 heterocycles. The highest BCUT2D eigenvalue weighted by Crippen LogP contribution is 2.28. The second-order valence-corrected chi connectivity index (χ2v) is 7.09. The standard InChI is InChI=1S/C19H27N3O2/c1-20-19(24)15-7-4-9-16(12-15)21-18(23)13-22-11-5-8-14-6-2-3-10-17(14)22/h4,7,9,12,14,17H,2-3,5-6,8,10-11,13H2,1H3,(H,20,24)(H,21,23)/p+1/t14-,17+/m1/s1. The number of nitrogens with one attached hydrogen (secondary N) is 3. The smallest absolute Gasteiger partial charge is 0.279 e. The van der Waals surface area contributed by atoms with E-state index in [0.717, 1.165) is 12.5 Å². The molecule has 1 unspecified atom stereocenters. The van der Waals surface area contributed by atoms with Gasteiger partial charge in [-0.3, -0.25) is 9.59 Å². The van der Waals surface area contributed by atoms with Crippen LogP contribution >= 0.6 is 0 Å². The maximum Gasteiger partial charge on any atom is 0.279 e. The normalized spacial score (nSPS) is 26.3. The van der Waals surface area contributed by atoms with E-state index in [4.69, 9.17) is 0 Å². The van der Waals surface area contributed by atoms with Gasteiger partial charge in [-0.1, -0.05) is 12.5 Å². The Balaban J connectivity index is 1.60. The largest absolute Gasteiger partial charge is 0.355 e. The predicted octanol–water partition coefficient (Wildman–Crippen LogP) is 1.22. The van der Waals surface area contributed by atoms with Crippen LogP contribution in [-0.4, -0.2) is 38.0 Å². The average Bonchev–Trinajstić information content (AvgIpc) is 2.61. The lowest BCUT2D eigenvalue weighted by molar-refractivity contribution is -0.928. The van der Waals surface area contributed by atoms with Crippen LogP contribution in [0.4, 0.5) is 5.69 Å². The van der Waals surface area contributed by atoms with Crippen LogP contribution in [0, 0.1) is 5.92 Å². The number of amides is 2. The molecule has 5 nitrogen and oxygen atoms in total. The Hall–Kier alpha value is -1.88. The molecule has 130 valence electrons. The molecule has 0 spiro atoms. The summed E-state index contributed by atoms with van der Waals surface area (Å²) in [6, 6.07) is 7.77. The Bertz CT molecular complexity index is 600. The molecular weight excluding hydrogens is 302 g/mol. The minimum Gasteiger partial charge on any atom is -0.355 e. The summed E-state index contributed by atoms with van der Waals surface area (Å²) in [6.45, 7) is 1.64. The van der Waals surface area contributed by atoms with Crippen LogP contribution in [0.2, 0.25) is 0 Å². The van der Waals surface area contributed by atoms with Crippen molar-refractivity contribution < 1.29 is 14.5 Å². The van der Waals surface area contributed by atoms with E-state index in [9.17, 15) is 9.59 Å². The third-order valence-corrected chi connectivity index (χ3v) is 5.53. The van der Waals surface area contributed by atoms with Crippen molar-refractivity contribution in [2.24, 2.45) is 5.92 Å². The molecule has 24 heavy (non-hydrogen) atoms. The van der Waals surface area contributed by atoms with E-state index in [1.807, 2.05) is 6.07 Å². The number of quaternary nitrogens is 1. The number of carbonyl (C=O) groups excluding carboxylic acids is 2. The van der Waals surface area contributed by atoms with E-state index >= 15 is 0 Å². The van der Waals surface area contributed by atoms with Crippen LogP contribution in [0.15, 0.2) is 24.3 Å². The van der Waals surface area contributed by atoms with Crippen molar-refractivity contribution in [3.05, 3.63) is 29.8 Å². The Labute approximate surface area is 143 Å². The predicted molar refractivity (Wildman–Crippen MR) is 94.1 cm³/mol. The molecule has 1 aromatic rings. The third-order valence-electron chi connectivity index (χ3n) is 5.53. The van der Waals surface area contributed by atoms with Crippen molar-refractivity contribution in [2.45, 2.75) is 44.6 Å². The molecule has 1 saturated heterocycles. The maximum atomic E-state index is 12.5. The first-order valence-electron chi connectivity index (χ1n) is 9.14. The first kappa shape index (κ1) is 17.0. The van der Waals surface area contributed by atoms with Gasteiger partial charge in [0.25, 0.3) is 11.8 Å². The van der Waals surface area contributed by atoms with E-state index in [1.165, 1.54) is 43.4 Å². The highest BCUT2D eigenvalue weighted by atomic mass is 16.2. The van der Waals surface area contributed by atoms with Crippen molar-refractivity contribution in [3.8, 4) is 0 Å². The molecule has 3 N–H and O–H groups in total. The first-order valence-corrected chi connectivity index (χ1v) is 9.14. The Morgan fingerprint density at radius 3 is 2.79 bits per heavy atom. The van der Waals surface area contributed by atoms with Gasteiger partial charge in [-0.2, -0.15) is 0 Å². The molecule has 3 rings (SSSR count). The van der Waals surface area contributed by atoms with Gasteiger partial charge in [0.05, 0.1) is 12.6 Å². The zero-order chi connectivity index (χ0) is 16.9. The van der Waals surface area contributed by atoms with E-state index in [2.05, 4.69) is 10.6 Å². The van der Waals surface area contributed by atoms with Crippen LogP contribution < -0.4 is 15.5 Å². The highest BCUT2D eigenvalue weighted by Gasteiger charge is 2.37. The van der Waals surface area contributed by atoms with Crippen molar-refractivity contribution in [1.29, 1.82) is 0 Å². The van der Waals surface area contributed by atoms with Gasteiger partial charge >= 0.3 is 0 Å². The zero-order valence-electron chi connectivity index (χ0n) is 14.4. The van der Waals surface area contributed by atoms with Crippen LogP contribution in [0.25, 0.3) is 0 Å². The summed E-state index contributed by atoms with van der Waals surface area (Å²) in [7, 11) is 1.61. The third kappa shape index (κ3) is 3.96. The molecule has 0 radical (unpaired) electrons. The molecule has 2 amide bonds. The second-order valence-electron chi connectivity index (χ2n) is 7.09. The number of hydrogen-bond donors (Lipinski definition) is 3. The molecule has 1 aliphatic carbocycles. The molecule has 2 fully saturated rings. The molecule has 1 saturated carbocycles. The molecule has 2 aliphatic rings. The van der Waals surface area contributed by atoms with Crippen molar-refractivity contribution in [2.75, 3.05) is 25.5 Å². The summed E-state index contributed by atoms with van der Waals surface area (Å²) in [5.74, 6) is 0.718. The monoisotopic (exact) mass is 330 g/mol. The summed E-state index contributed by atoms with van der Waals surface area (Å²) < 4.78 is 0. The number of benzene rings is 1. The number of carbonyl (C=O) groups is 2. The van der Waals surface area contributed by atoms with Gasteiger partial charge in [0.15, 0.2) is 6.54 Å². The first-order chi connectivity index (χ1) is 11.7. The van der Waals surface area contributed by atoms with Crippen LogP contribution in [-0.2, 0) is 4.79 Å². The number of anilines is 1. The summed E-state index contributed by atoms with van der Waals surface area (Å²) >= 11 is 0. The molecular formula is C19H28N3O2+. The maximum absolute atomic E-state index is 12.5. The number of piperidine rings is 1. The molecule has 0 bridgehead atoms. The Morgan fingerprint density at radius 1 is 1.17 bits per heavy atom. The summed E-state index contributed by atoms with van der Waals surface area (Å²) in [5, 5.41) is 5.57. The van der Waals surface area contributed by atoms with Crippen LogP contribution in [0.5, 0.6) is 0 Å². The zero-order valence-corrected chi connectivity index (χ0v) is 14.4. The number of hydrogen-bond acceptors (Lipinski definition) is 2. The fourth-order valence-electron chi connectivity index (χ4n) is 4.38. The fourth-order valence-corrected chi connectivity index (χ4v) is 4.38. The minimum absolute atomic E-state index is 0.0466. The topological polar surface area (TPSA) is 62.6 Å². The van der Waals surface area contributed by atoms with Gasteiger partial charge in [0, 0.05) is 24.2 Å². The van der Waals surface area contributed by atoms with E-state index in [-0.39, 0.29) is 11.8 Å². The van der Waals surface area contributed by atoms with Crippen LogP contribution in [0.1, 0.15) is 48.9 Å². The average molecular weight is 330 g/mol. The lowest BCUT2D eigenvalue weighted by Crippen LogP contribution is -3.18. The van der Waals surface area contributed by atoms with Crippen molar-refractivity contribution in [3.63, 3.8) is 0 Å². The minimum atomic E-state index is -0.141. The molecule has 1 aromatic carbocycles. The van der Waals surface area contributed by atoms with Gasteiger partial charge < -0.3 is 15.5 Å². The summed E-state index contributed by atoms with van der Waals surface area (Å²) in [6.07, 6.45) is 7.83. The number of likely N-dealkylation sites (tertiary alicyclic amines) is 1. The summed E-state index contributed by atoms with van der Waals surface area (Å²) in [4.78, 5) is 25.6. The number of fused-ring (bicyclic) bond motifs is 1. The lowest BCUT2D eigenvalue weighted by Gasteiger charge is -2.40. The van der Waals surface area contributed by atoms with E-state index in [0.29, 0.717) is 23.8 Å². The van der Waals surface area contributed by atoms with E-state index in [1.54, 1.807) is 25.2 Å². The van der Waals surface area contributed by atoms with E-state index < -0.39 is 0 Å². The number of rotatable bonds is 4. The molecule has 5 heteroatoms. The van der Waals surface area contributed by atoms with Gasteiger partial charge in [-0.05, 0) is 50.3 Å². The van der Waals surface area contributed by atoms with Gasteiger partial charge in [0.1, 0.15) is 0 Å². The molecule has 1 aliphatic heterocycles. The van der Waals surface area contributed by atoms with Gasteiger partial charge in [0.2, 0.25) is 0 Å². The fraction of sp³-hybridized carbons (Fsp3) is 0.579. The Kier molecular flexibility index (Phi) is 5.51. The summed E-state index contributed by atoms with van der Waals surface area (Å²) in [5.41, 5.74) is 1.26. The quantitative estimate of drug-likeness (QED) is 0.777. The molecule has 0 aromatic heterocycles. The Morgan fingerprint density at radius 2 is 1.96 bits per heavy atom.